The Labute approximate surface area is 169 Å². The highest BCUT2D eigenvalue weighted by atomic mass is 16.5. The highest BCUT2D eigenvalue weighted by molar-refractivity contribution is 6.04. The minimum Gasteiger partial charge on any atom is -0.494 e. The average Bonchev–Trinajstić information content (AvgIpc) is 2.77. The van der Waals surface area contributed by atoms with Crippen LogP contribution in [0.25, 0.3) is 0 Å². The first-order valence-corrected chi connectivity index (χ1v) is 9.45. The van der Waals surface area contributed by atoms with Crippen LogP contribution in [0.2, 0.25) is 0 Å². The molecule has 0 fully saturated rings. The van der Waals surface area contributed by atoms with Crippen molar-refractivity contribution in [3.63, 3.8) is 0 Å². The minimum absolute atomic E-state index is 0.0179. The predicted octanol–water partition coefficient (Wildman–Crippen LogP) is 3.81. The Kier molecular flexibility index (Phi) is 7.34. The summed E-state index contributed by atoms with van der Waals surface area (Å²) in [6.45, 7) is 0.942. The summed E-state index contributed by atoms with van der Waals surface area (Å²) in [6, 6.07) is 20.3. The van der Waals surface area contributed by atoms with Gasteiger partial charge in [-0.1, -0.05) is 30.3 Å². The second kappa shape index (κ2) is 10.6. The highest BCUT2D eigenvalue weighted by Gasteiger charge is 2.06. The molecule has 3 rings (SSSR count). The average molecular weight is 389 g/mol. The topological polar surface area (TPSA) is 80.3 Å². The van der Waals surface area contributed by atoms with E-state index in [9.17, 15) is 9.59 Å². The van der Waals surface area contributed by atoms with Crippen LogP contribution in [0.4, 0.5) is 5.69 Å². The number of aromatic nitrogens is 1. The zero-order valence-electron chi connectivity index (χ0n) is 16.0. The lowest BCUT2D eigenvalue weighted by atomic mass is 10.2. The van der Waals surface area contributed by atoms with Gasteiger partial charge in [-0.15, -0.1) is 0 Å². The Hall–Kier alpha value is -3.67. The number of carbonyl (C=O) groups is 2. The van der Waals surface area contributed by atoms with E-state index in [4.69, 9.17) is 4.74 Å². The summed E-state index contributed by atoms with van der Waals surface area (Å²) in [5.41, 5.74) is 2.14. The van der Waals surface area contributed by atoms with Gasteiger partial charge in [-0.25, -0.2) is 0 Å². The van der Waals surface area contributed by atoms with E-state index >= 15 is 0 Å². The van der Waals surface area contributed by atoms with Gasteiger partial charge in [0.2, 0.25) is 5.91 Å². The van der Waals surface area contributed by atoms with Gasteiger partial charge in [-0.3, -0.25) is 14.6 Å². The molecule has 1 aromatic heterocycles. The Morgan fingerprint density at radius 3 is 2.45 bits per heavy atom. The van der Waals surface area contributed by atoms with Gasteiger partial charge in [0.05, 0.1) is 12.2 Å². The fraction of sp³-hybridized carbons (Fsp3) is 0.174. The molecular weight excluding hydrogens is 366 g/mol. The molecule has 29 heavy (non-hydrogen) atoms. The maximum atomic E-state index is 12.1. The molecule has 6 nitrogen and oxygen atoms in total. The van der Waals surface area contributed by atoms with Gasteiger partial charge in [0.1, 0.15) is 5.75 Å². The molecule has 0 atom stereocenters. The molecule has 3 aromatic rings. The van der Waals surface area contributed by atoms with Crippen LogP contribution in [0.3, 0.4) is 0 Å². The van der Waals surface area contributed by atoms with Gasteiger partial charge in [0, 0.05) is 31.0 Å². The van der Waals surface area contributed by atoms with Crippen molar-refractivity contribution in [3.05, 3.63) is 90.3 Å². The first kappa shape index (κ1) is 20.1. The van der Waals surface area contributed by atoms with Crippen molar-refractivity contribution in [3.8, 4) is 5.75 Å². The number of amides is 2. The molecule has 2 amide bonds. The predicted molar refractivity (Wildman–Crippen MR) is 112 cm³/mol. The second-order valence-corrected chi connectivity index (χ2v) is 6.43. The Bertz CT molecular complexity index is 913. The number of hydrogen-bond acceptors (Lipinski definition) is 4. The standard InChI is InChI=1S/C23H23N3O3/c27-22(9-5-15-29-21-7-2-1-3-8-21)25-16-18-10-12-20(13-11-18)26-23(28)19-6-4-14-24-17-19/h1-4,6-8,10-14,17H,5,9,15-16H2,(H,25,27)(H,26,28). The van der Waals surface area contributed by atoms with Crippen LogP contribution in [0.5, 0.6) is 5.75 Å². The maximum Gasteiger partial charge on any atom is 0.257 e. The summed E-state index contributed by atoms with van der Waals surface area (Å²) in [4.78, 5) is 28.0. The van der Waals surface area contributed by atoms with Crippen molar-refractivity contribution in [2.75, 3.05) is 11.9 Å². The molecule has 1 heterocycles. The zero-order chi connectivity index (χ0) is 20.3. The van der Waals surface area contributed by atoms with Crippen molar-refractivity contribution in [2.45, 2.75) is 19.4 Å². The molecule has 2 aromatic carbocycles. The van der Waals surface area contributed by atoms with Crippen LogP contribution in [0.1, 0.15) is 28.8 Å². The number of hydrogen-bond donors (Lipinski definition) is 2. The van der Waals surface area contributed by atoms with E-state index in [1.807, 2.05) is 54.6 Å². The van der Waals surface area contributed by atoms with Gasteiger partial charge < -0.3 is 15.4 Å². The number of carbonyl (C=O) groups excluding carboxylic acids is 2. The number of anilines is 1. The van der Waals surface area contributed by atoms with Crippen molar-refractivity contribution >= 4 is 17.5 Å². The van der Waals surface area contributed by atoms with Crippen LogP contribution < -0.4 is 15.4 Å². The van der Waals surface area contributed by atoms with E-state index in [-0.39, 0.29) is 11.8 Å². The van der Waals surface area contributed by atoms with Crippen molar-refractivity contribution < 1.29 is 14.3 Å². The molecule has 0 aliphatic heterocycles. The molecule has 0 aliphatic rings. The third kappa shape index (κ3) is 6.77. The lowest BCUT2D eigenvalue weighted by Gasteiger charge is -2.08. The summed E-state index contributed by atoms with van der Waals surface area (Å²) in [7, 11) is 0. The fourth-order valence-electron chi connectivity index (χ4n) is 2.63. The summed E-state index contributed by atoms with van der Waals surface area (Å²) < 4.78 is 5.58. The van der Waals surface area contributed by atoms with Crippen LogP contribution >= 0.6 is 0 Å². The number of nitrogens with zero attached hydrogens (tertiary/aromatic N) is 1. The monoisotopic (exact) mass is 389 g/mol. The van der Waals surface area contributed by atoms with Gasteiger partial charge >= 0.3 is 0 Å². The summed E-state index contributed by atoms with van der Waals surface area (Å²) in [5, 5.41) is 5.71. The smallest absolute Gasteiger partial charge is 0.257 e. The third-order valence-corrected chi connectivity index (χ3v) is 4.19. The van der Waals surface area contributed by atoms with Gasteiger partial charge in [0.25, 0.3) is 5.91 Å². The fourth-order valence-corrected chi connectivity index (χ4v) is 2.63. The molecule has 0 saturated carbocycles. The molecule has 6 heteroatoms. The molecule has 0 aliphatic carbocycles. The highest BCUT2D eigenvalue weighted by Crippen LogP contribution is 2.12. The van der Waals surface area contributed by atoms with Crippen LogP contribution in [-0.4, -0.2) is 23.4 Å². The zero-order valence-corrected chi connectivity index (χ0v) is 16.0. The van der Waals surface area contributed by atoms with Crippen molar-refractivity contribution in [1.29, 1.82) is 0 Å². The molecule has 0 spiro atoms. The molecule has 148 valence electrons. The van der Waals surface area contributed by atoms with E-state index in [2.05, 4.69) is 15.6 Å². The van der Waals surface area contributed by atoms with Crippen LogP contribution in [0, 0.1) is 0 Å². The third-order valence-electron chi connectivity index (χ3n) is 4.19. The van der Waals surface area contributed by atoms with E-state index in [1.54, 1.807) is 18.3 Å². The van der Waals surface area contributed by atoms with E-state index in [0.29, 0.717) is 37.2 Å². The second-order valence-electron chi connectivity index (χ2n) is 6.43. The number of pyridine rings is 1. The minimum atomic E-state index is -0.211. The van der Waals surface area contributed by atoms with E-state index in [0.717, 1.165) is 11.3 Å². The van der Waals surface area contributed by atoms with E-state index < -0.39 is 0 Å². The number of ether oxygens (including phenoxy) is 1. The molecule has 0 radical (unpaired) electrons. The SMILES string of the molecule is O=C(CCCOc1ccccc1)NCc1ccc(NC(=O)c2cccnc2)cc1. The number of rotatable bonds is 9. The molecule has 0 saturated heterocycles. The summed E-state index contributed by atoms with van der Waals surface area (Å²) in [5.74, 6) is 0.580. The van der Waals surface area contributed by atoms with E-state index in [1.165, 1.54) is 6.20 Å². The van der Waals surface area contributed by atoms with Gasteiger partial charge in [-0.2, -0.15) is 0 Å². The maximum absolute atomic E-state index is 12.1. The number of nitrogens with one attached hydrogen (secondary N) is 2. The first-order chi connectivity index (χ1) is 14.2. The van der Waals surface area contributed by atoms with Crippen molar-refractivity contribution in [2.24, 2.45) is 0 Å². The summed E-state index contributed by atoms with van der Waals surface area (Å²) >= 11 is 0. The Morgan fingerprint density at radius 2 is 1.72 bits per heavy atom. The number of para-hydroxylation sites is 1. The summed E-state index contributed by atoms with van der Waals surface area (Å²) in [6.07, 6.45) is 4.20. The molecule has 0 unspecified atom stereocenters. The number of benzene rings is 2. The van der Waals surface area contributed by atoms with Crippen LogP contribution in [0.15, 0.2) is 79.1 Å². The van der Waals surface area contributed by atoms with Gasteiger partial charge in [0.15, 0.2) is 0 Å². The lowest BCUT2D eigenvalue weighted by Crippen LogP contribution is -2.23. The first-order valence-electron chi connectivity index (χ1n) is 9.45. The van der Waals surface area contributed by atoms with Gasteiger partial charge in [-0.05, 0) is 48.4 Å². The van der Waals surface area contributed by atoms with Crippen molar-refractivity contribution in [1.82, 2.24) is 10.3 Å². The quantitative estimate of drug-likeness (QED) is 0.546. The van der Waals surface area contributed by atoms with Crippen LogP contribution in [-0.2, 0) is 11.3 Å². The Morgan fingerprint density at radius 1 is 0.931 bits per heavy atom. The normalized spacial score (nSPS) is 10.2. The lowest BCUT2D eigenvalue weighted by molar-refractivity contribution is -0.121. The molecule has 0 bridgehead atoms. The molecular formula is C23H23N3O3. The largest absolute Gasteiger partial charge is 0.494 e. The molecule has 2 N–H and O–H groups in total. The Balaban J connectivity index is 1.36.